The summed E-state index contributed by atoms with van der Waals surface area (Å²) in [5.41, 5.74) is 7.03. The second kappa shape index (κ2) is 17.4. The van der Waals surface area contributed by atoms with Crippen LogP contribution in [0.25, 0.3) is 0 Å². The number of hydrogen-bond donors (Lipinski definition) is 6. The van der Waals surface area contributed by atoms with Gasteiger partial charge in [-0.2, -0.15) is 8.42 Å². The van der Waals surface area contributed by atoms with E-state index in [1.54, 1.807) is 20.8 Å². The summed E-state index contributed by atoms with van der Waals surface area (Å²) in [6.07, 6.45) is 5.32. The van der Waals surface area contributed by atoms with E-state index in [2.05, 4.69) is 25.6 Å². The van der Waals surface area contributed by atoms with E-state index < -0.39 is 21.0 Å². The van der Waals surface area contributed by atoms with E-state index >= 15 is 0 Å². The lowest BCUT2D eigenvalue weighted by molar-refractivity contribution is -0.386. The number of carbonyl (C=O) groups is 2. The number of aliphatic hydroxyl groups is 1. The van der Waals surface area contributed by atoms with Gasteiger partial charge in [-0.05, 0) is 75.6 Å². The number of aliphatic hydroxyl groups excluding tert-OH is 1. The highest BCUT2D eigenvalue weighted by atomic mass is 35.5. The molecule has 0 aromatic heterocycles. The van der Waals surface area contributed by atoms with Crippen LogP contribution in [0, 0.1) is 48.6 Å². The zero-order valence-corrected chi connectivity index (χ0v) is 33.9. The summed E-state index contributed by atoms with van der Waals surface area (Å²) >= 11 is 0. The second-order valence-electron chi connectivity index (χ2n) is 15.5. The summed E-state index contributed by atoms with van der Waals surface area (Å²) in [5, 5.41) is 34.7. The van der Waals surface area contributed by atoms with Crippen LogP contribution in [0.4, 0.5) is 34.1 Å². The van der Waals surface area contributed by atoms with Crippen molar-refractivity contribution in [3.8, 4) is 0 Å². The zero-order chi connectivity index (χ0) is 38.6. The van der Waals surface area contributed by atoms with Crippen molar-refractivity contribution in [1.82, 2.24) is 0 Å². The van der Waals surface area contributed by atoms with Crippen molar-refractivity contribution >= 4 is 68.6 Å². The van der Waals surface area contributed by atoms with E-state index in [4.69, 9.17) is 10.2 Å². The Morgan fingerprint density at radius 1 is 0.846 bits per heavy atom. The molecule has 0 fully saturated rings. The van der Waals surface area contributed by atoms with Crippen molar-refractivity contribution in [3.63, 3.8) is 0 Å². The molecule has 0 bridgehead atoms. The summed E-state index contributed by atoms with van der Waals surface area (Å²) in [7, 11) is -3.95. The van der Waals surface area contributed by atoms with Gasteiger partial charge in [0.2, 0.25) is 11.8 Å². The van der Waals surface area contributed by atoms with Crippen LogP contribution in [0.15, 0.2) is 0 Å². The third-order valence-electron chi connectivity index (χ3n) is 9.42. The lowest BCUT2D eigenvalue weighted by Crippen LogP contribution is -2.30. The van der Waals surface area contributed by atoms with E-state index in [-0.39, 0.29) is 41.4 Å². The van der Waals surface area contributed by atoms with Gasteiger partial charge in [-0.3, -0.25) is 24.4 Å². The molecule has 14 nitrogen and oxygen atoms in total. The summed E-state index contributed by atoms with van der Waals surface area (Å²) < 4.78 is 25.9. The monoisotopic (exact) mass is 767 g/mol. The van der Waals surface area contributed by atoms with Crippen molar-refractivity contribution in [2.45, 2.75) is 108 Å². The van der Waals surface area contributed by atoms with Crippen molar-refractivity contribution in [1.29, 1.82) is 0 Å². The molecule has 0 unspecified atom stereocenters. The quantitative estimate of drug-likeness (QED) is 0.0847. The minimum atomic E-state index is -3.95. The Bertz CT molecular complexity index is 1790. The zero-order valence-electron chi connectivity index (χ0n) is 32.3. The third-order valence-corrected chi connectivity index (χ3v) is 9.91. The van der Waals surface area contributed by atoms with Crippen LogP contribution in [0.2, 0.25) is 0 Å². The van der Waals surface area contributed by atoms with Crippen LogP contribution in [0.5, 0.6) is 0 Å². The first-order chi connectivity index (χ1) is 23.5. The number of carbonyl (C=O) groups excluding carboxylic acids is 2. The summed E-state index contributed by atoms with van der Waals surface area (Å²) in [5.74, 6) is -0.285. The van der Waals surface area contributed by atoms with Crippen LogP contribution < -0.4 is 30.7 Å². The number of fused-ring (bicyclic) bond motifs is 2. The number of halogens is 1. The number of anilines is 5. The second-order valence-corrected chi connectivity index (χ2v) is 16.8. The lowest BCUT2D eigenvalue weighted by Gasteiger charge is -2.28. The topological polar surface area (TPSA) is 209 Å². The van der Waals surface area contributed by atoms with Crippen molar-refractivity contribution in [2.75, 3.05) is 51.8 Å². The fourth-order valence-corrected chi connectivity index (χ4v) is 7.03. The Labute approximate surface area is 314 Å². The molecule has 0 saturated carbocycles. The molecular formula is C36H58ClN7O7S. The molecule has 0 saturated heterocycles. The third kappa shape index (κ3) is 10.5. The number of nitro groups is 1. The molecule has 0 radical (unpaired) electrons. The van der Waals surface area contributed by atoms with E-state index in [0.717, 1.165) is 86.2 Å². The molecule has 7 N–H and O–H groups in total. The van der Waals surface area contributed by atoms with E-state index in [9.17, 15) is 28.1 Å². The number of amides is 2. The molecule has 2 aromatic rings. The molecule has 4 rings (SSSR count). The standard InChI is InChI=1S/C21H36N4O4S.C15H21N3O3.ClH/c1-14-16-10-12-25(11-8-6-7-9-13-26)19(16)18(23-20(27)21(3,4)5)15(2)17(14)24-30(22,28)29;1-8-10-6-7-16-12(10)11(9(2)13(8)18(20)21)17-14(19)15(3,4)5;/h24,26H,6-13H2,1-5H3,(H,23,27)(H2,22,28,29);16H,6-7H2,1-5H3,(H,17,19);1H. The number of unbranched alkanes of at least 4 members (excludes halogenated alkanes) is 3. The molecule has 0 spiro atoms. The average Bonchev–Trinajstić information content (AvgIpc) is 3.66. The predicted octanol–water partition coefficient (Wildman–Crippen LogP) is 6.40. The maximum absolute atomic E-state index is 12.8. The Hall–Kier alpha value is -3.66. The molecule has 0 atom stereocenters. The Morgan fingerprint density at radius 2 is 1.40 bits per heavy atom. The first-order valence-electron chi connectivity index (χ1n) is 17.5. The lowest BCUT2D eigenvalue weighted by atomic mass is 9.94. The molecule has 0 aliphatic carbocycles. The van der Waals surface area contributed by atoms with Gasteiger partial charge >= 0.3 is 0 Å². The minimum absolute atomic E-state index is 0. The van der Waals surface area contributed by atoms with Crippen molar-refractivity contribution in [3.05, 3.63) is 43.5 Å². The van der Waals surface area contributed by atoms with Crippen LogP contribution in [0.3, 0.4) is 0 Å². The number of hydrogen-bond acceptors (Lipinski definition) is 9. The molecule has 2 heterocycles. The number of nitrogens with one attached hydrogen (secondary N) is 4. The largest absolute Gasteiger partial charge is 0.396 e. The smallest absolute Gasteiger partial charge is 0.296 e. The highest BCUT2D eigenvalue weighted by Crippen LogP contribution is 2.46. The van der Waals surface area contributed by atoms with Gasteiger partial charge in [0.15, 0.2) is 0 Å². The molecule has 2 aliphatic rings. The SMILES string of the molecule is Cc1c2c(c(NC(=O)C(C)(C)C)c(C)c1NS(N)(=O)=O)N(CCCCCCO)CC2.Cc1c2c(c(NC(=O)C(C)(C)C)c(C)c1[N+](=O)[O-])NCC2.Cl. The highest BCUT2D eigenvalue weighted by molar-refractivity contribution is 7.90. The summed E-state index contributed by atoms with van der Waals surface area (Å²) in [6.45, 7) is 20.7. The van der Waals surface area contributed by atoms with Gasteiger partial charge in [-0.15, -0.1) is 12.4 Å². The number of rotatable bonds is 11. The fraction of sp³-hybridized carbons (Fsp3) is 0.611. The van der Waals surface area contributed by atoms with Crippen molar-refractivity contribution in [2.24, 2.45) is 16.0 Å². The molecule has 292 valence electrons. The minimum Gasteiger partial charge on any atom is -0.396 e. The molecular weight excluding hydrogens is 710 g/mol. The van der Waals surface area contributed by atoms with Crippen LogP contribution >= 0.6 is 12.4 Å². The van der Waals surface area contributed by atoms with Gasteiger partial charge in [0.25, 0.3) is 15.9 Å². The highest BCUT2D eigenvalue weighted by Gasteiger charge is 2.33. The predicted molar refractivity (Wildman–Crippen MR) is 212 cm³/mol. The number of nitro benzene ring substituents is 1. The van der Waals surface area contributed by atoms with Gasteiger partial charge < -0.3 is 26.0 Å². The van der Waals surface area contributed by atoms with Gasteiger partial charge in [-0.25, -0.2) is 5.14 Å². The molecule has 2 amide bonds. The Balaban J connectivity index is 0.000000374. The molecule has 2 aliphatic heterocycles. The number of nitrogens with two attached hydrogens (primary N) is 1. The van der Waals surface area contributed by atoms with E-state index in [0.29, 0.717) is 33.8 Å². The van der Waals surface area contributed by atoms with Crippen molar-refractivity contribution < 1.29 is 28.0 Å². The fourth-order valence-electron chi connectivity index (χ4n) is 6.44. The molecule has 16 heteroatoms. The van der Waals surface area contributed by atoms with Gasteiger partial charge in [0, 0.05) is 42.6 Å². The van der Waals surface area contributed by atoms with Crippen LogP contribution in [0.1, 0.15) is 101 Å². The van der Waals surface area contributed by atoms with Crippen LogP contribution in [-0.4, -0.2) is 56.5 Å². The number of nitrogens with zero attached hydrogens (tertiary/aromatic N) is 2. The Morgan fingerprint density at radius 3 is 1.92 bits per heavy atom. The van der Waals surface area contributed by atoms with Gasteiger partial charge in [0.1, 0.15) is 0 Å². The maximum Gasteiger partial charge on any atom is 0.296 e. The molecule has 2 aromatic carbocycles. The first kappa shape index (κ1) is 44.5. The number of benzene rings is 2. The molecule has 52 heavy (non-hydrogen) atoms. The maximum atomic E-state index is 12.8. The van der Waals surface area contributed by atoms with E-state index in [1.165, 1.54) is 0 Å². The summed E-state index contributed by atoms with van der Waals surface area (Å²) in [6, 6.07) is 0. The average molecular weight is 768 g/mol. The first-order valence-corrected chi connectivity index (χ1v) is 19.0. The van der Waals surface area contributed by atoms with E-state index in [1.807, 2.05) is 48.5 Å². The van der Waals surface area contributed by atoms with Crippen LogP contribution in [-0.2, 0) is 32.6 Å². The van der Waals surface area contributed by atoms with Gasteiger partial charge in [0.05, 0.1) is 38.9 Å². The normalized spacial score (nSPS) is 13.6. The van der Waals surface area contributed by atoms with Gasteiger partial charge in [-0.1, -0.05) is 54.4 Å². The summed E-state index contributed by atoms with van der Waals surface area (Å²) in [4.78, 5) is 38.3. The Kier molecular flexibility index (Phi) is 14.9.